The molecule has 8 nitrogen and oxygen atoms in total. The Bertz CT molecular complexity index is 882. The van der Waals surface area contributed by atoms with Gasteiger partial charge in [-0.2, -0.15) is 0 Å². The second kappa shape index (κ2) is 10.4. The van der Waals surface area contributed by atoms with Crippen molar-refractivity contribution < 1.29 is 27.9 Å². The Hall–Kier alpha value is -2.91. The van der Waals surface area contributed by atoms with Crippen molar-refractivity contribution in [1.29, 1.82) is 0 Å². The molecule has 3 N–H and O–H groups in total. The average molecular weight is 406 g/mol. The van der Waals surface area contributed by atoms with Crippen molar-refractivity contribution in [3.8, 4) is 5.75 Å². The van der Waals surface area contributed by atoms with E-state index in [1.807, 2.05) is 0 Å². The van der Waals surface area contributed by atoms with E-state index in [1.54, 1.807) is 42.5 Å². The van der Waals surface area contributed by atoms with Gasteiger partial charge in [0.1, 0.15) is 5.75 Å². The molecule has 2 aromatic rings. The molecule has 0 fully saturated rings. The lowest BCUT2D eigenvalue weighted by Gasteiger charge is -2.09. The molecule has 0 aliphatic heterocycles. The molecular weight excluding hydrogens is 384 g/mol. The third-order valence-corrected chi connectivity index (χ3v) is 5.19. The third kappa shape index (κ3) is 7.37. The first-order chi connectivity index (χ1) is 13.4. The number of carboxylic acid groups (broad SMARTS) is 1. The van der Waals surface area contributed by atoms with Crippen LogP contribution >= 0.6 is 0 Å². The molecule has 9 heteroatoms. The van der Waals surface area contributed by atoms with Gasteiger partial charge in [-0.3, -0.25) is 9.59 Å². The number of carbonyl (C=O) groups excluding carboxylic acids is 1. The number of sulfonamides is 1. The summed E-state index contributed by atoms with van der Waals surface area (Å²) >= 11 is 0. The number of aliphatic carboxylic acids is 1. The van der Waals surface area contributed by atoms with Crippen molar-refractivity contribution in [3.05, 3.63) is 60.2 Å². The smallest absolute Gasteiger partial charge is 0.305 e. The van der Waals surface area contributed by atoms with E-state index in [9.17, 15) is 18.0 Å². The van der Waals surface area contributed by atoms with Crippen LogP contribution in [-0.4, -0.2) is 45.1 Å². The summed E-state index contributed by atoms with van der Waals surface area (Å²) in [6.45, 7) is 0.0919. The van der Waals surface area contributed by atoms with Crippen LogP contribution in [0.15, 0.2) is 59.5 Å². The Labute approximate surface area is 163 Å². The van der Waals surface area contributed by atoms with Gasteiger partial charge >= 0.3 is 5.97 Å². The maximum Gasteiger partial charge on any atom is 0.305 e. The first-order valence-electron chi connectivity index (χ1n) is 8.62. The molecule has 0 aromatic heterocycles. The van der Waals surface area contributed by atoms with Crippen LogP contribution in [0.3, 0.4) is 0 Å². The molecule has 0 heterocycles. The van der Waals surface area contributed by atoms with Gasteiger partial charge in [-0.15, -0.1) is 0 Å². The zero-order valence-corrected chi connectivity index (χ0v) is 15.9. The quantitative estimate of drug-likeness (QED) is 0.515. The Morgan fingerprint density at radius 3 is 2.29 bits per heavy atom. The van der Waals surface area contributed by atoms with Crippen molar-refractivity contribution >= 4 is 21.9 Å². The predicted octanol–water partition coefficient (Wildman–Crippen LogP) is 1.18. The molecule has 0 saturated carbocycles. The lowest BCUT2D eigenvalue weighted by molar-refractivity contribution is -0.137. The molecule has 0 aliphatic carbocycles. The Kier molecular flexibility index (Phi) is 7.97. The van der Waals surface area contributed by atoms with Crippen molar-refractivity contribution in [2.45, 2.75) is 17.7 Å². The zero-order valence-electron chi connectivity index (χ0n) is 15.1. The summed E-state index contributed by atoms with van der Waals surface area (Å²) < 4.78 is 32.2. The SMILES string of the molecule is O=C(O)CCNC(=O)COc1ccc(CCNS(=O)(=O)c2ccccc2)cc1. The first-order valence-corrected chi connectivity index (χ1v) is 10.1. The Morgan fingerprint density at radius 2 is 1.64 bits per heavy atom. The fourth-order valence-corrected chi connectivity index (χ4v) is 3.33. The number of nitrogens with one attached hydrogen (secondary N) is 2. The first kappa shape index (κ1) is 21.4. The lowest BCUT2D eigenvalue weighted by Crippen LogP contribution is -2.30. The molecule has 0 bridgehead atoms. The number of rotatable bonds is 11. The molecule has 2 aromatic carbocycles. The molecule has 0 spiro atoms. The van der Waals surface area contributed by atoms with Crippen molar-refractivity contribution in [2.24, 2.45) is 0 Å². The summed E-state index contributed by atoms with van der Waals surface area (Å²) in [5.74, 6) is -0.898. The predicted molar refractivity (Wildman–Crippen MR) is 103 cm³/mol. The van der Waals surface area contributed by atoms with Gasteiger partial charge in [0.05, 0.1) is 11.3 Å². The number of hydrogen-bond acceptors (Lipinski definition) is 5. The highest BCUT2D eigenvalue weighted by molar-refractivity contribution is 7.89. The van der Waals surface area contributed by atoms with Crippen LogP contribution in [0.4, 0.5) is 0 Å². The van der Waals surface area contributed by atoms with Crippen LogP contribution in [0.25, 0.3) is 0 Å². The van der Waals surface area contributed by atoms with Crippen LogP contribution in [0.2, 0.25) is 0 Å². The summed E-state index contributed by atoms with van der Waals surface area (Å²) in [6.07, 6.45) is 0.358. The van der Waals surface area contributed by atoms with Crippen LogP contribution in [0, 0.1) is 0 Å². The molecule has 2 rings (SSSR count). The number of carbonyl (C=O) groups is 2. The average Bonchev–Trinajstić information content (AvgIpc) is 2.68. The molecule has 0 radical (unpaired) electrons. The summed E-state index contributed by atoms with van der Waals surface area (Å²) in [7, 11) is -3.53. The molecule has 1 amide bonds. The molecule has 150 valence electrons. The van der Waals surface area contributed by atoms with E-state index in [4.69, 9.17) is 9.84 Å². The van der Waals surface area contributed by atoms with Gasteiger partial charge in [-0.1, -0.05) is 30.3 Å². The molecule has 0 aliphatic rings. The van der Waals surface area contributed by atoms with E-state index in [-0.39, 0.29) is 31.0 Å². The normalized spacial score (nSPS) is 11.0. The lowest BCUT2D eigenvalue weighted by atomic mass is 10.1. The van der Waals surface area contributed by atoms with Gasteiger partial charge in [0, 0.05) is 13.1 Å². The van der Waals surface area contributed by atoms with Crippen molar-refractivity contribution in [1.82, 2.24) is 10.0 Å². The maximum atomic E-state index is 12.1. The molecule has 0 saturated heterocycles. The fraction of sp³-hybridized carbons (Fsp3) is 0.263. The van der Waals surface area contributed by atoms with E-state index in [1.165, 1.54) is 12.1 Å². The van der Waals surface area contributed by atoms with Gasteiger partial charge in [-0.05, 0) is 36.2 Å². The van der Waals surface area contributed by atoms with E-state index >= 15 is 0 Å². The van der Waals surface area contributed by atoms with E-state index < -0.39 is 21.9 Å². The third-order valence-electron chi connectivity index (χ3n) is 3.71. The Balaban J connectivity index is 1.74. The molecule has 28 heavy (non-hydrogen) atoms. The minimum absolute atomic E-state index is 0.0509. The van der Waals surface area contributed by atoms with Gasteiger partial charge in [0.2, 0.25) is 10.0 Å². The minimum atomic E-state index is -3.53. The highest BCUT2D eigenvalue weighted by Crippen LogP contribution is 2.13. The van der Waals surface area contributed by atoms with E-state index in [0.717, 1.165) is 5.56 Å². The van der Waals surface area contributed by atoms with Crippen LogP contribution in [0.1, 0.15) is 12.0 Å². The maximum absolute atomic E-state index is 12.1. The van der Waals surface area contributed by atoms with Crippen LogP contribution < -0.4 is 14.8 Å². The standard InChI is InChI=1S/C19H22N2O6S/c22-18(20-12-11-19(23)24)14-27-16-8-6-15(7-9-16)10-13-21-28(25,26)17-4-2-1-3-5-17/h1-9,21H,10-14H2,(H,20,22)(H,23,24). The number of benzene rings is 2. The summed E-state index contributed by atoms with van der Waals surface area (Å²) in [5.41, 5.74) is 0.911. The molecule has 0 unspecified atom stereocenters. The number of ether oxygens (including phenoxy) is 1. The largest absolute Gasteiger partial charge is 0.484 e. The van der Waals surface area contributed by atoms with E-state index in [2.05, 4.69) is 10.0 Å². The number of amides is 1. The molecular formula is C19H22N2O6S. The highest BCUT2D eigenvalue weighted by atomic mass is 32.2. The van der Waals surface area contributed by atoms with E-state index in [0.29, 0.717) is 12.2 Å². The Morgan fingerprint density at radius 1 is 0.964 bits per heavy atom. The molecule has 0 atom stereocenters. The van der Waals surface area contributed by atoms with Crippen LogP contribution in [0.5, 0.6) is 5.75 Å². The highest BCUT2D eigenvalue weighted by Gasteiger charge is 2.12. The topological polar surface area (TPSA) is 122 Å². The van der Waals surface area contributed by atoms with Gasteiger partial charge in [0.25, 0.3) is 5.91 Å². The zero-order chi connectivity index (χ0) is 20.4. The number of hydrogen-bond donors (Lipinski definition) is 3. The summed E-state index contributed by atoms with van der Waals surface area (Å²) in [5, 5.41) is 10.9. The van der Waals surface area contributed by atoms with Gasteiger partial charge < -0.3 is 15.2 Å². The van der Waals surface area contributed by atoms with Crippen molar-refractivity contribution in [2.75, 3.05) is 19.7 Å². The summed E-state index contributed by atoms with van der Waals surface area (Å²) in [6, 6.07) is 15.1. The monoisotopic (exact) mass is 406 g/mol. The summed E-state index contributed by atoms with van der Waals surface area (Å²) in [4.78, 5) is 22.1. The van der Waals surface area contributed by atoms with Gasteiger partial charge in [0.15, 0.2) is 6.61 Å². The number of carboxylic acids is 1. The van der Waals surface area contributed by atoms with Crippen molar-refractivity contribution in [3.63, 3.8) is 0 Å². The second-order valence-electron chi connectivity index (χ2n) is 5.89. The van der Waals surface area contributed by atoms with Gasteiger partial charge in [-0.25, -0.2) is 13.1 Å². The minimum Gasteiger partial charge on any atom is -0.484 e. The van der Waals surface area contributed by atoms with Crippen LogP contribution in [-0.2, 0) is 26.0 Å². The fourth-order valence-electron chi connectivity index (χ4n) is 2.27. The second-order valence-corrected chi connectivity index (χ2v) is 7.65.